The number of nitrogen functional groups attached to an aromatic ring is 1. The Hall–Kier alpha value is -1.66. The third kappa shape index (κ3) is 1.97. The van der Waals surface area contributed by atoms with Crippen LogP contribution in [0.4, 0.5) is 10.3 Å². The van der Waals surface area contributed by atoms with Crippen molar-refractivity contribution < 1.29 is 13.9 Å². The molecule has 0 aliphatic carbocycles. The molecular formula is C13H16FN3O2. The van der Waals surface area contributed by atoms with Crippen molar-refractivity contribution in [3.63, 3.8) is 0 Å². The number of ether oxygens (including phenoxy) is 2. The molecule has 1 aromatic heterocycles. The van der Waals surface area contributed by atoms with Crippen LogP contribution in [-0.4, -0.2) is 35.5 Å². The molecule has 0 saturated carbocycles. The molecule has 2 heterocycles. The zero-order chi connectivity index (χ0) is 13.5. The first-order valence-corrected chi connectivity index (χ1v) is 6.18. The minimum atomic E-state index is -0.409. The lowest BCUT2D eigenvalue weighted by Gasteiger charge is -2.26. The van der Waals surface area contributed by atoms with E-state index in [0.29, 0.717) is 36.7 Å². The molecule has 2 aromatic rings. The number of anilines is 1. The van der Waals surface area contributed by atoms with Crippen molar-refractivity contribution in [2.75, 3.05) is 26.1 Å². The van der Waals surface area contributed by atoms with Crippen LogP contribution in [0.5, 0.6) is 0 Å². The van der Waals surface area contributed by atoms with E-state index in [-0.39, 0.29) is 5.82 Å². The second kappa shape index (κ2) is 4.47. The number of aromatic nitrogens is 2. The van der Waals surface area contributed by atoms with E-state index in [1.54, 1.807) is 23.8 Å². The molecule has 1 unspecified atom stereocenters. The first-order valence-electron chi connectivity index (χ1n) is 6.18. The molecule has 102 valence electrons. The number of rotatable bonds is 3. The number of para-hydroxylation sites is 1. The van der Waals surface area contributed by atoms with Crippen molar-refractivity contribution in [2.45, 2.75) is 18.6 Å². The number of nitrogens with two attached hydrogens (primary N) is 1. The Morgan fingerprint density at radius 1 is 1.58 bits per heavy atom. The maximum Gasteiger partial charge on any atom is 0.201 e. The average molecular weight is 265 g/mol. The summed E-state index contributed by atoms with van der Waals surface area (Å²) in [5.74, 6) is -0.0690. The summed E-state index contributed by atoms with van der Waals surface area (Å²) in [6.45, 7) is 1.68. The Morgan fingerprint density at radius 2 is 2.42 bits per heavy atom. The first-order chi connectivity index (χ1) is 9.15. The summed E-state index contributed by atoms with van der Waals surface area (Å²) in [4.78, 5) is 4.09. The van der Waals surface area contributed by atoms with Crippen molar-refractivity contribution in [3.05, 3.63) is 24.0 Å². The maximum absolute atomic E-state index is 13.7. The van der Waals surface area contributed by atoms with Gasteiger partial charge in [0.05, 0.1) is 18.7 Å². The molecule has 0 spiro atoms. The minimum absolute atomic E-state index is 0.295. The molecule has 0 amide bonds. The largest absolute Gasteiger partial charge is 0.378 e. The lowest BCUT2D eigenvalue weighted by Crippen LogP contribution is -2.37. The van der Waals surface area contributed by atoms with Gasteiger partial charge in [0.1, 0.15) is 11.1 Å². The first kappa shape index (κ1) is 12.4. The fraction of sp³-hybridized carbons (Fsp3) is 0.462. The quantitative estimate of drug-likeness (QED) is 0.915. The topological polar surface area (TPSA) is 62.3 Å². The van der Waals surface area contributed by atoms with Gasteiger partial charge in [0, 0.05) is 20.1 Å². The van der Waals surface area contributed by atoms with Gasteiger partial charge < -0.3 is 19.8 Å². The molecule has 2 N–H and O–H groups in total. The molecule has 1 saturated heterocycles. The lowest BCUT2D eigenvalue weighted by atomic mass is 10.0. The van der Waals surface area contributed by atoms with Gasteiger partial charge in [-0.15, -0.1) is 0 Å². The summed E-state index contributed by atoms with van der Waals surface area (Å²) in [5.41, 5.74) is 6.47. The van der Waals surface area contributed by atoms with Crippen molar-refractivity contribution in [3.8, 4) is 0 Å². The highest BCUT2D eigenvalue weighted by atomic mass is 19.1. The summed E-state index contributed by atoms with van der Waals surface area (Å²) < 4.78 is 26.5. The Morgan fingerprint density at radius 3 is 3.11 bits per heavy atom. The van der Waals surface area contributed by atoms with Crippen molar-refractivity contribution >= 4 is 17.0 Å². The number of hydrogen-bond donors (Lipinski definition) is 1. The van der Waals surface area contributed by atoms with Crippen molar-refractivity contribution in [1.29, 1.82) is 0 Å². The van der Waals surface area contributed by atoms with Gasteiger partial charge in [-0.05, 0) is 12.1 Å². The van der Waals surface area contributed by atoms with Gasteiger partial charge in [0.2, 0.25) is 5.95 Å². The average Bonchev–Trinajstić information content (AvgIpc) is 2.99. The van der Waals surface area contributed by atoms with Gasteiger partial charge in [-0.2, -0.15) is 0 Å². The molecule has 19 heavy (non-hydrogen) atoms. The zero-order valence-electron chi connectivity index (χ0n) is 10.7. The number of nitrogens with zero attached hydrogens (tertiary/aromatic N) is 2. The van der Waals surface area contributed by atoms with E-state index in [1.165, 1.54) is 6.07 Å². The Bertz CT molecular complexity index is 605. The number of hydrogen-bond acceptors (Lipinski definition) is 4. The molecule has 1 fully saturated rings. The van der Waals surface area contributed by atoms with Crippen LogP contribution < -0.4 is 5.73 Å². The fourth-order valence-electron chi connectivity index (χ4n) is 2.52. The summed E-state index contributed by atoms with van der Waals surface area (Å²) in [6.07, 6.45) is 0.790. The molecule has 1 atom stereocenters. The van der Waals surface area contributed by atoms with Crippen LogP contribution in [0.1, 0.15) is 6.42 Å². The molecule has 0 bridgehead atoms. The molecule has 3 rings (SSSR count). The second-order valence-corrected chi connectivity index (χ2v) is 4.85. The maximum atomic E-state index is 13.7. The highest BCUT2D eigenvalue weighted by molar-refractivity contribution is 5.78. The monoisotopic (exact) mass is 265 g/mol. The van der Waals surface area contributed by atoms with E-state index in [9.17, 15) is 4.39 Å². The predicted octanol–water partition coefficient (Wildman–Crippen LogP) is 1.56. The smallest absolute Gasteiger partial charge is 0.201 e. The van der Waals surface area contributed by atoms with Crippen LogP contribution in [0.15, 0.2) is 18.2 Å². The zero-order valence-corrected chi connectivity index (χ0v) is 10.7. The molecule has 0 radical (unpaired) electrons. The van der Waals surface area contributed by atoms with E-state index in [2.05, 4.69) is 4.98 Å². The summed E-state index contributed by atoms with van der Waals surface area (Å²) in [6, 6.07) is 4.84. The van der Waals surface area contributed by atoms with Crippen molar-refractivity contribution in [2.24, 2.45) is 0 Å². The number of halogens is 1. The van der Waals surface area contributed by atoms with E-state index in [4.69, 9.17) is 15.2 Å². The van der Waals surface area contributed by atoms with Crippen LogP contribution in [0.2, 0.25) is 0 Å². The summed E-state index contributed by atoms with van der Waals surface area (Å²) in [7, 11) is 1.66. The highest BCUT2D eigenvalue weighted by Crippen LogP contribution is 2.28. The molecule has 1 aromatic carbocycles. The van der Waals surface area contributed by atoms with Gasteiger partial charge in [-0.3, -0.25) is 0 Å². The SMILES string of the molecule is COC1(Cn2c(N)nc3c(F)cccc32)CCOC1. The van der Waals surface area contributed by atoms with Crippen LogP contribution >= 0.6 is 0 Å². The second-order valence-electron chi connectivity index (χ2n) is 4.85. The van der Waals surface area contributed by atoms with Crippen LogP contribution in [0.25, 0.3) is 11.0 Å². The number of methoxy groups -OCH3 is 1. The third-order valence-corrected chi connectivity index (χ3v) is 3.71. The number of fused-ring (bicyclic) bond motifs is 1. The normalized spacial score (nSPS) is 23.3. The van der Waals surface area contributed by atoms with Crippen molar-refractivity contribution in [1.82, 2.24) is 9.55 Å². The summed E-state index contributed by atoms with van der Waals surface area (Å²) >= 11 is 0. The van der Waals surface area contributed by atoms with E-state index in [0.717, 1.165) is 6.42 Å². The van der Waals surface area contributed by atoms with Gasteiger partial charge in [0.25, 0.3) is 0 Å². The molecule has 1 aliphatic heterocycles. The van der Waals surface area contributed by atoms with E-state index < -0.39 is 5.60 Å². The van der Waals surface area contributed by atoms with E-state index >= 15 is 0 Å². The van der Waals surface area contributed by atoms with E-state index in [1.807, 2.05) is 0 Å². The molecule has 1 aliphatic rings. The molecule has 5 nitrogen and oxygen atoms in total. The Kier molecular flexibility index (Phi) is 2.91. The minimum Gasteiger partial charge on any atom is -0.378 e. The van der Waals surface area contributed by atoms with Gasteiger partial charge in [-0.1, -0.05) is 6.07 Å². The lowest BCUT2D eigenvalue weighted by molar-refractivity contribution is -0.0283. The molecule has 6 heteroatoms. The fourth-order valence-corrected chi connectivity index (χ4v) is 2.52. The highest BCUT2D eigenvalue weighted by Gasteiger charge is 2.36. The van der Waals surface area contributed by atoms with Crippen LogP contribution in [-0.2, 0) is 16.0 Å². The number of benzene rings is 1. The predicted molar refractivity (Wildman–Crippen MR) is 69.3 cm³/mol. The van der Waals surface area contributed by atoms with Crippen LogP contribution in [0, 0.1) is 5.82 Å². The molecular weight excluding hydrogens is 249 g/mol. The van der Waals surface area contributed by atoms with Gasteiger partial charge >= 0.3 is 0 Å². The van der Waals surface area contributed by atoms with Crippen LogP contribution in [0.3, 0.4) is 0 Å². The van der Waals surface area contributed by atoms with Gasteiger partial charge in [-0.25, -0.2) is 9.37 Å². The number of imidazole rings is 1. The Labute approximate surface area is 110 Å². The summed E-state index contributed by atoms with van der Waals surface area (Å²) in [5, 5.41) is 0. The third-order valence-electron chi connectivity index (χ3n) is 3.71. The Balaban J connectivity index is 2.05. The standard InChI is InChI=1S/C13H16FN3O2/c1-18-13(5-6-19-8-13)7-17-10-4-2-3-9(14)11(10)16-12(17)15/h2-4H,5-8H2,1H3,(H2,15,16). The van der Waals surface area contributed by atoms with Gasteiger partial charge in [0.15, 0.2) is 5.82 Å².